The average Bonchev–Trinajstić information content (AvgIpc) is 2.51. The zero-order valence-corrected chi connectivity index (χ0v) is 13.2. The maximum atomic E-state index is 11.5. The summed E-state index contributed by atoms with van der Waals surface area (Å²) in [5.74, 6) is -0.924. The van der Waals surface area contributed by atoms with Crippen molar-refractivity contribution < 1.29 is 23.0 Å². The Hall–Kier alpha value is -2.46. The van der Waals surface area contributed by atoms with Crippen LogP contribution in [0.3, 0.4) is 0 Å². The first kappa shape index (κ1) is 16.9. The Labute approximate surface area is 133 Å². The van der Waals surface area contributed by atoms with E-state index in [-0.39, 0.29) is 13.1 Å². The van der Waals surface area contributed by atoms with Gasteiger partial charge in [0.1, 0.15) is 6.20 Å². The van der Waals surface area contributed by atoms with Crippen molar-refractivity contribution >= 4 is 16.0 Å². The predicted octanol–water partition coefficient (Wildman–Crippen LogP) is -2.16. The highest BCUT2D eigenvalue weighted by Crippen LogP contribution is 2.09. The largest absolute Gasteiger partial charge is 0.549 e. The summed E-state index contributed by atoms with van der Waals surface area (Å²) in [5.41, 5.74) is 0.719. The fraction of sp³-hybridized carbons (Fsp3) is 0.308. The molecule has 23 heavy (non-hydrogen) atoms. The van der Waals surface area contributed by atoms with Gasteiger partial charge in [0.15, 0.2) is 18.6 Å². The van der Waals surface area contributed by atoms with Gasteiger partial charge in [0.25, 0.3) is 0 Å². The fourth-order valence-corrected chi connectivity index (χ4v) is 2.57. The Kier molecular flexibility index (Phi) is 5.29. The molecule has 0 saturated carbocycles. The minimum absolute atomic E-state index is 0.0222. The van der Waals surface area contributed by atoms with Crippen LogP contribution in [0.15, 0.2) is 36.9 Å². The Morgan fingerprint density at radius 2 is 2.04 bits per heavy atom. The highest BCUT2D eigenvalue weighted by atomic mass is 32.2. The smallest absolute Gasteiger partial charge is 0.211 e. The van der Waals surface area contributed by atoms with Crippen molar-refractivity contribution in [3.05, 3.63) is 36.9 Å². The molecule has 0 aliphatic heterocycles. The Balaban J connectivity index is 2.04. The van der Waals surface area contributed by atoms with Gasteiger partial charge < -0.3 is 9.90 Å². The SMILES string of the molecule is CS(=O)(=O)N(CC[n+]1ccc(-c2ncccn2)cn1)CC(=O)[O-]. The minimum Gasteiger partial charge on any atom is -0.549 e. The predicted molar refractivity (Wildman–Crippen MR) is 76.9 cm³/mol. The van der Waals surface area contributed by atoms with Crippen molar-refractivity contribution in [2.75, 3.05) is 19.3 Å². The third-order valence-corrected chi connectivity index (χ3v) is 4.20. The molecular weight excluding hydrogens is 322 g/mol. The number of carbonyl (C=O) groups is 1. The number of carboxylic acids is 1. The molecule has 0 bridgehead atoms. The average molecular weight is 337 g/mol. The zero-order chi connectivity index (χ0) is 16.9. The second kappa shape index (κ2) is 7.20. The van der Waals surface area contributed by atoms with E-state index in [1.165, 1.54) is 4.68 Å². The Morgan fingerprint density at radius 1 is 1.35 bits per heavy atom. The molecule has 9 nitrogen and oxygen atoms in total. The van der Waals surface area contributed by atoms with Crippen LogP contribution in [0.2, 0.25) is 0 Å². The molecule has 0 N–H and O–H groups in total. The normalized spacial score (nSPS) is 11.6. The number of sulfonamides is 1. The van der Waals surface area contributed by atoms with E-state index < -0.39 is 22.5 Å². The van der Waals surface area contributed by atoms with Crippen LogP contribution in [0.5, 0.6) is 0 Å². The van der Waals surface area contributed by atoms with Gasteiger partial charge in [-0.05, 0) is 11.2 Å². The first-order valence-corrected chi connectivity index (χ1v) is 8.49. The van der Waals surface area contributed by atoms with Crippen molar-refractivity contribution in [2.45, 2.75) is 6.54 Å². The lowest BCUT2D eigenvalue weighted by Crippen LogP contribution is -2.47. The van der Waals surface area contributed by atoms with Crippen molar-refractivity contribution in [1.29, 1.82) is 0 Å². The first-order chi connectivity index (χ1) is 10.9. The molecule has 0 radical (unpaired) electrons. The van der Waals surface area contributed by atoms with E-state index in [0.717, 1.165) is 16.1 Å². The standard InChI is InChI=1S/C13H15N5O4S/c1-23(21,22)18(10-12(19)20)8-7-17-6-3-11(9-16-17)13-14-4-2-5-15-13/h2-6,9H,7-8,10H2,1H3. The van der Waals surface area contributed by atoms with E-state index >= 15 is 0 Å². The van der Waals surface area contributed by atoms with E-state index in [2.05, 4.69) is 15.1 Å². The van der Waals surface area contributed by atoms with Gasteiger partial charge in [0.05, 0.1) is 25.3 Å². The molecule has 0 saturated heterocycles. The first-order valence-electron chi connectivity index (χ1n) is 6.64. The third kappa shape index (κ3) is 5.04. The molecule has 0 spiro atoms. The molecule has 2 aromatic rings. The third-order valence-electron chi connectivity index (χ3n) is 2.95. The summed E-state index contributed by atoms with van der Waals surface area (Å²) < 4.78 is 25.4. The van der Waals surface area contributed by atoms with E-state index in [9.17, 15) is 18.3 Å². The fourth-order valence-electron chi connectivity index (χ4n) is 1.82. The number of hydrogen-bond acceptors (Lipinski definition) is 7. The van der Waals surface area contributed by atoms with E-state index in [4.69, 9.17) is 0 Å². The van der Waals surface area contributed by atoms with Crippen molar-refractivity contribution in [3.63, 3.8) is 0 Å². The number of hydrogen-bond donors (Lipinski definition) is 0. The van der Waals surface area contributed by atoms with E-state index in [0.29, 0.717) is 5.82 Å². The molecule has 122 valence electrons. The van der Waals surface area contributed by atoms with Crippen LogP contribution in [-0.2, 0) is 21.4 Å². The van der Waals surface area contributed by atoms with Gasteiger partial charge in [-0.25, -0.2) is 18.4 Å². The molecule has 10 heteroatoms. The summed E-state index contributed by atoms with van der Waals surface area (Å²) >= 11 is 0. The molecule has 2 aromatic heterocycles. The molecule has 0 aromatic carbocycles. The van der Waals surface area contributed by atoms with Gasteiger partial charge in [-0.3, -0.25) is 0 Å². The molecule has 0 fully saturated rings. The molecule has 0 amide bonds. The monoisotopic (exact) mass is 337 g/mol. The summed E-state index contributed by atoms with van der Waals surface area (Å²) in [6.07, 6.45) is 7.38. The molecule has 2 heterocycles. The van der Waals surface area contributed by atoms with E-state index in [1.807, 2.05) is 0 Å². The van der Waals surface area contributed by atoms with Gasteiger partial charge in [0.2, 0.25) is 10.0 Å². The maximum absolute atomic E-state index is 11.5. The van der Waals surface area contributed by atoms with Crippen LogP contribution in [0.1, 0.15) is 0 Å². The lowest BCUT2D eigenvalue weighted by Gasteiger charge is -2.18. The van der Waals surface area contributed by atoms with Crippen LogP contribution >= 0.6 is 0 Å². The van der Waals surface area contributed by atoms with Crippen LogP contribution in [-0.4, -0.2) is 53.1 Å². The molecular formula is C13H15N5O4S. The number of rotatable bonds is 7. The van der Waals surface area contributed by atoms with Crippen LogP contribution in [0.25, 0.3) is 11.4 Å². The molecule has 0 atom stereocenters. The number of nitrogens with zero attached hydrogens (tertiary/aromatic N) is 5. The van der Waals surface area contributed by atoms with Crippen molar-refractivity contribution in [2.24, 2.45) is 0 Å². The van der Waals surface area contributed by atoms with Crippen LogP contribution < -0.4 is 9.79 Å². The molecule has 0 unspecified atom stereocenters. The summed E-state index contributed by atoms with van der Waals surface area (Å²) in [5, 5.41) is 14.8. The second-order valence-electron chi connectivity index (χ2n) is 4.72. The molecule has 0 aliphatic rings. The molecule has 0 aliphatic carbocycles. The van der Waals surface area contributed by atoms with Gasteiger partial charge in [-0.2, -0.15) is 4.31 Å². The zero-order valence-electron chi connectivity index (χ0n) is 12.4. The summed E-state index contributed by atoms with van der Waals surface area (Å²) in [6.45, 7) is -0.503. The summed E-state index contributed by atoms with van der Waals surface area (Å²) in [4.78, 5) is 18.8. The number of carboxylic acid groups (broad SMARTS) is 1. The quantitative estimate of drug-likeness (QED) is 0.528. The van der Waals surface area contributed by atoms with Gasteiger partial charge in [-0.1, -0.05) is 4.68 Å². The number of carbonyl (C=O) groups excluding carboxylic acids is 1. The van der Waals surface area contributed by atoms with Gasteiger partial charge in [-0.15, -0.1) is 0 Å². The number of aromatic nitrogens is 4. The van der Waals surface area contributed by atoms with Gasteiger partial charge in [0, 0.05) is 24.0 Å². The second-order valence-corrected chi connectivity index (χ2v) is 6.70. The molecule has 2 rings (SSSR count). The number of aliphatic carboxylic acids is 1. The van der Waals surface area contributed by atoms with Gasteiger partial charge >= 0.3 is 0 Å². The van der Waals surface area contributed by atoms with E-state index in [1.54, 1.807) is 36.9 Å². The van der Waals surface area contributed by atoms with Crippen molar-refractivity contribution in [3.8, 4) is 11.4 Å². The van der Waals surface area contributed by atoms with Crippen LogP contribution in [0, 0.1) is 0 Å². The Bertz CT molecular complexity index is 765. The minimum atomic E-state index is -3.63. The lowest BCUT2D eigenvalue weighted by molar-refractivity contribution is -0.752. The lowest BCUT2D eigenvalue weighted by atomic mass is 10.3. The maximum Gasteiger partial charge on any atom is 0.211 e. The van der Waals surface area contributed by atoms with Crippen molar-refractivity contribution in [1.82, 2.24) is 19.4 Å². The van der Waals surface area contributed by atoms with Crippen LogP contribution in [0.4, 0.5) is 0 Å². The Morgan fingerprint density at radius 3 is 2.57 bits per heavy atom. The highest BCUT2D eigenvalue weighted by molar-refractivity contribution is 7.88. The summed E-state index contributed by atoms with van der Waals surface area (Å²) in [6, 6.07) is 3.45. The topological polar surface area (TPSA) is 120 Å². The highest BCUT2D eigenvalue weighted by Gasteiger charge is 2.19. The summed E-state index contributed by atoms with van der Waals surface area (Å²) in [7, 11) is -3.63.